The molecule has 0 aliphatic carbocycles. The van der Waals surface area contributed by atoms with Gasteiger partial charge < -0.3 is 39.4 Å². The molecule has 27 heteroatoms. The molecule has 4 heterocycles. The molecule has 9 aromatic rings. The Morgan fingerprint density at radius 3 is 0.974 bits per heavy atom. The minimum Gasteiger partial charge on any atom is -0.457 e. The topological polar surface area (TPSA) is 245 Å². The molecule has 115 heavy (non-hydrogen) atoms. The van der Waals surface area contributed by atoms with Crippen molar-refractivity contribution in [1.29, 1.82) is 0 Å². The zero-order valence-electron chi connectivity index (χ0n) is 62.7. The van der Waals surface area contributed by atoms with Crippen molar-refractivity contribution in [2.24, 2.45) is 0 Å². The van der Waals surface area contributed by atoms with E-state index in [9.17, 15) is 19.2 Å². The smallest absolute Gasteiger partial charge is 0.391 e. The molecule has 13 rings (SSSR count). The molecule has 2 saturated heterocycles. The van der Waals surface area contributed by atoms with E-state index in [4.69, 9.17) is 65.4 Å². The summed E-state index contributed by atoms with van der Waals surface area (Å²) in [5.41, 5.74) is 1.89. The summed E-state index contributed by atoms with van der Waals surface area (Å²) >= 11 is 23.7. The second-order valence-corrected chi connectivity index (χ2v) is 30.7. The monoisotopic (exact) mass is 1640 g/mol. The summed E-state index contributed by atoms with van der Waals surface area (Å²) in [6, 6.07) is 28.5. The molecular formula is C88H79Cl4F3N6O14. The fraction of sp³-hybridized carbons (Fsp3) is 0.295. The molecule has 2 N–H and O–H groups in total. The summed E-state index contributed by atoms with van der Waals surface area (Å²) in [5.74, 6) is -7.87. The Labute approximate surface area is 680 Å². The molecule has 2 fully saturated rings. The van der Waals surface area contributed by atoms with E-state index < -0.39 is 83.1 Å². The number of carbonyl (C=O) groups excluding carboxylic acids is 10. The van der Waals surface area contributed by atoms with Gasteiger partial charge in [0.15, 0.2) is 11.6 Å². The average molecular weight is 1640 g/mol. The molecule has 4 aliphatic heterocycles. The number of carbonyl (C=O) groups is 10. The van der Waals surface area contributed by atoms with Crippen LogP contribution in [-0.2, 0) is 54.5 Å². The van der Waals surface area contributed by atoms with Crippen molar-refractivity contribution >= 4 is 148 Å². The number of fused-ring (bicyclic) bond motifs is 2. The van der Waals surface area contributed by atoms with Gasteiger partial charge in [0.25, 0.3) is 35.4 Å². The summed E-state index contributed by atoms with van der Waals surface area (Å²) in [4.78, 5) is 149. The van der Waals surface area contributed by atoms with Crippen LogP contribution >= 0.6 is 46.4 Å². The molecular weight excluding hydrogens is 1560 g/mol. The third kappa shape index (κ3) is 17.6. The second-order valence-electron chi connectivity index (χ2n) is 28.8. The highest BCUT2D eigenvalue weighted by atomic mass is 35.5. The number of alkyl halides is 3. The number of nitrogens with one attached hydrogen (secondary N) is 2. The number of likely N-dealkylation sites (tertiary alicyclic amines) is 2. The Morgan fingerprint density at radius 2 is 0.696 bits per heavy atom. The lowest BCUT2D eigenvalue weighted by atomic mass is 9.80. The first kappa shape index (κ1) is 81.9. The first-order valence-corrected chi connectivity index (χ1v) is 39.4. The van der Waals surface area contributed by atoms with E-state index in [1.807, 2.05) is 0 Å². The molecule has 2 atom stereocenters. The Hall–Kier alpha value is -11.1. The molecule has 594 valence electrons. The predicted molar refractivity (Wildman–Crippen MR) is 433 cm³/mol. The number of hydrogen-bond donors (Lipinski definition) is 2. The fourth-order valence-corrected chi connectivity index (χ4v) is 15.8. The number of piperidine rings is 2. The number of rotatable bonds is 32. The predicted octanol–water partition coefficient (Wildman–Crippen LogP) is 18.3. The lowest BCUT2D eigenvalue weighted by Gasteiger charge is -2.38. The van der Waals surface area contributed by atoms with E-state index in [-0.39, 0.29) is 190 Å². The first-order chi connectivity index (χ1) is 55.1. The van der Waals surface area contributed by atoms with Crippen molar-refractivity contribution in [3.63, 3.8) is 0 Å². The number of halogens is 7. The van der Waals surface area contributed by atoms with Crippen LogP contribution in [0.25, 0.3) is 43.1 Å². The number of ether oxygens (including phenoxy) is 4. The number of aryl methyl sites for hydroxylation is 2. The molecule has 8 amide bonds. The number of hydrogen-bond acceptors (Lipinski definition) is 14. The first-order valence-electron chi connectivity index (χ1n) is 37.9. The summed E-state index contributed by atoms with van der Waals surface area (Å²) in [5, 5.41) is 4.80. The summed E-state index contributed by atoms with van der Waals surface area (Å²) in [6.45, 7) is 17.0. The highest BCUT2D eigenvalue weighted by Gasteiger charge is 2.50. The van der Waals surface area contributed by atoms with Gasteiger partial charge in [-0.25, -0.2) is 0 Å². The number of Topliss-reactive ketones (excluding diaryl/α,β-unsaturated/α-hetero) is 2. The van der Waals surface area contributed by atoms with Crippen LogP contribution in [0.15, 0.2) is 168 Å². The highest BCUT2D eigenvalue weighted by Crippen LogP contribution is 2.58. The van der Waals surface area contributed by atoms with Crippen molar-refractivity contribution in [3.8, 4) is 46.0 Å². The number of benzene rings is 9. The van der Waals surface area contributed by atoms with E-state index in [1.54, 1.807) is 109 Å². The zero-order valence-corrected chi connectivity index (χ0v) is 65.8. The lowest BCUT2D eigenvalue weighted by molar-refractivity contribution is -0.159. The number of nitrogens with zero attached hydrogens (tertiary/aromatic N) is 4. The van der Waals surface area contributed by atoms with Gasteiger partial charge in [-0.05, 0) is 179 Å². The van der Waals surface area contributed by atoms with Crippen molar-refractivity contribution in [2.45, 2.75) is 128 Å². The van der Waals surface area contributed by atoms with E-state index in [0.717, 1.165) is 22.4 Å². The molecule has 2 unspecified atom stereocenters. The number of imide groups is 2. The van der Waals surface area contributed by atoms with Crippen LogP contribution in [0.5, 0.6) is 46.0 Å². The van der Waals surface area contributed by atoms with Gasteiger partial charge in [-0.2, -0.15) is 13.2 Å². The molecule has 0 aromatic heterocycles. The number of ketones is 2. The Kier molecular flexibility index (Phi) is 24.9. The quantitative estimate of drug-likeness (QED) is 0.0172. The lowest BCUT2D eigenvalue weighted by Crippen LogP contribution is -2.56. The number of amides is 8. The summed E-state index contributed by atoms with van der Waals surface area (Å²) < 4.78 is 75.0. The standard InChI is InChI=1S/C88H79Cl4F3N6O14/c1-6-64(86(110)98-39-9-7-10-40-98)100-82(106)60-43-68(112-56-27-19-52(20-28-56)15-13-17-66(102)48(2)89)74-76-70(114-58-31-23-54(24-32-58)35-37-96-80(104)50(4)91)45-62-73-63(85(109)101(84(62)108)65(47-88(93,94)95)87(111)99-41-11-8-12-42-99)46-71(115-59-33-25-55(26-34-59)36-38-97-81(105)51(5)92)77(79(73)76)75-69(44-61(83(100)107)72(60)78(74)75)113-57-29-21-53(22-30-57)16-14-18-67(103)49(3)90/h19-34,43-46,64-65H,2-18,35-42,47H2,1H3,(H,96,104)(H,97,105). The van der Waals surface area contributed by atoms with Crippen molar-refractivity contribution < 1.29 is 80.1 Å². The van der Waals surface area contributed by atoms with E-state index in [1.165, 1.54) is 29.2 Å². The van der Waals surface area contributed by atoms with Crippen molar-refractivity contribution in [2.75, 3.05) is 39.3 Å². The summed E-state index contributed by atoms with van der Waals surface area (Å²) in [6.07, 6.45) is -0.799. The van der Waals surface area contributed by atoms with Crippen molar-refractivity contribution in [1.82, 2.24) is 30.2 Å². The van der Waals surface area contributed by atoms with E-state index >= 15 is 41.9 Å². The van der Waals surface area contributed by atoms with Crippen LogP contribution in [0, 0.1) is 0 Å². The van der Waals surface area contributed by atoms with Gasteiger partial charge in [-0.3, -0.25) is 57.7 Å². The maximum absolute atomic E-state index is 16.3. The molecule has 0 saturated carbocycles. The zero-order chi connectivity index (χ0) is 81.8. The normalized spacial score (nSPS) is 14.8. The third-order valence-electron chi connectivity index (χ3n) is 21.1. The van der Waals surface area contributed by atoms with Crippen LogP contribution in [0.1, 0.15) is 148 Å². The maximum Gasteiger partial charge on any atom is 0.391 e. The molecule has 20 nitrogen and oxygen atoms in total. The van der Waals surface area contributed by atoms with Gasteiger partial charge in [-0.1, -0.05) is 128 Å². The van der Waals surface area contributed by atoms with Gasteiger partial charge in [-0.15, -0.1) is 0 Å². The van der Waals surface area contributed by atoms with Gasteiger partial charge >= 0.3 is 6.18 Å². The molecule has 9 aromatic carbocycles. The minimum atomic E-state index is -5.13. The Balaban J connectivity index is 1.14. The van der Waals surface area contributed by atoms with Gasteiger partial charge in [0.05, 0.1) is 48.8 Å². The fourth-order valence-electron chi connectivity index (χ4n) is 15.5. The molecule has 4 aliphatic rings. The largest absolute Gasteiger partial charge is 0.457 e. The Bertz CT molecular complexity index is 5210. The average Bonchev–Trinajstić information content (AvgIpc) is 0.670. The molecule has 0 bridgehead atoms. The second kappa shape index (κ2) is 34.9. The van der Waals surface area contributed by atoms with Crippen molar-refractivity contribution in [3.05, 3.63) is 212 Å². The number of allylic oxidation sites excluding steroid dienone is 2. The van der Waals surface area contributed by atoms with Crippen LogP contribution in [0.4, 0.5) is 13.2 Å². The van der Waals surface area contributed by atoms with Gasteiger partial charge in [0, 0.05) is 95.2 Å². The van der Waals surface area contributed by atoms with Crippen LogP contribution in [0.2, 0.25) is 0 Å². The highest BCUT2D eigenvalue weighted by molar-refractivity contribution is 6.46. The summed E-state index contributed by atoms with van der Waals surface area (Å²) in [7, 11) is 0. The van der Waals surface area contributed by atoms with Crippen LogP contribution in [-0.4, -0.2) is 136 Å². The van der Waals surface area contributed by atoms with Crippen LogP contribution in [0.3, 0.4) is 0 Å². The van der Waals surface area contributed by atoms with Gasteiger partial charge in [0.2, 0.25) is 11.8 Å². The van der Waals surface area contributed by atoms with Crippen LogP contribution < -0.4 is 29.6 Å². The Morgan fingerprint density at radius 1 is 0.409 bits per heavy atom. The maximum atomic E-state index is 16.3. The van der Waals surface area contributed by atoms with E-state index in [2.05, 4.69) is 36.9 Å². The SMILES string of the molecule is C=C(Cl)C(=O)CCCc1ccc(Oc2cc3c4c(cc(Oc5ccc(CCCC(=O)C(=C)Cl)cc5)c5c6c(Oc7ccc(CCNC(=O)C(=C)Cl)cc7)cc7c8c(cc(Oc9ccc(CCNC(=O)C(=C)Cl)cc9)c(c2c45)c86)C(=O)N(C(CC(F)(F)F)C(=O)N2CCCCC2)C7=O)C(=O)N(C(CC)C(=O)N2CCCCC2)C3=O)cc1. The molecule has 0 radical (unpaired) electrons. The molecule has 0 spiro atoms. The van der Waals surface area contributed by atoms with E-state index in [0.29, 0.717) is 86.9 Å². The third-order valence-corrected chi connectivity index (χ3v) is 21.9. The minimum absolute atomic E-state index is 0.000424. The van der Waals surface area contributed by atoms with Gasteiger partial charge in [0.1, 0.15) is 58.1 Å².